The quantitative estimate of drug-likeness (QED) is 0.856. The van der Waals surface area contributed by atoms with Gasteiger partial charge in [-0.15, -0.1) is 0 Å². The van der Waals surface area contributed by atoms with E-state index in [2.05, 4.69) is 15.9 Å². The van der Waals surface area contributed by atoms with E-state index in [4.69, 9.17) is 15.2 Å². The van der Waals surface area contributed by atoms with Crippen molar-refractivity contribution in [3.05, 3.63) is 40.6 Å². The van der Waals surface area contributed by atoms with Crippen molar-refractivity contribution < 1.29 is 14.3 Å². The summed E-state index contributed by atoms with van der Waals surface area (Å²) in [5, 5.41) is 0. The predicted octanol–water partition coefficient (Wildman–Crippen LogP) is 1.56. The first-order chi connectivity index (χ1) is 7.72. The van der Waals surface area contributed by atoms with E-state index >= 15 is 0 Å². The third kappa shape index (κ3) is 2.10. The van der Waals surface area contributed by atoms with Gasteiger partial charge in [-0.05, 0) is 28.1 Å². The first-order valence-corrected chi connectivity index (χ1v) is 5.55. The summed E-state index contributed by atoms with van der Waals surface area (Å²) in [5.74, 6) is 0.261. The number of rotatable bonds is 3. The normalized spacial score (nSPS) is 19.9. The standard InChI is InChI=1S/C11H10BrNO3/c12-9-8(6-13)16-11(14)10(9)15-7-4-2-1-3-5-7/h1-5,8H,6,13H2/t8-/m1/s1. The van der Waals surface area contributed by atoms with E-state index in [1.165, 1.54) is 0 Å². The number of cyclic esters (lactones) is 1. The molecular formula is C11H10BrNO3. The predicted molar refractivity (Wildman–Crippen MR) is 62.0 cm³/mol. The minimum absolute atomic E-state index is 0.168. The van der Waals surface area contributed by atoms with Crippen molar-refractivity contribution >= 4 is 21.9 Å². The summed E-state index contributed by atoms with van der Waals surface area (Å²) in [4.78, 5) is 11.5. The van der Waals surface area contributed by atoms with Crippen LogP contribution in [0.3, 0.4) is 0 Å². The molecule has 0 saturated heterocycles. The van der Waals surface area contributed by atoms with Crippen molar-refractivity contribution in [3.63, 3.8) is 0 Å². The zero-order chi connectivity index (χ0) is 11.5. The highest BCUT2D eigenvalue weighted by atomic mass is 79.9. The Morgan fingerprint density at radius 1 is 1.38 bits per heavy atom. The Labute approximate surface area is 101 Å². The molecule has 0 spiro atoms. The Morgan fingerprint density at radius 3 is 2.62 bits per heavy atom. The fraction of sp³-hybridized carbons (Fsp3) is 0.182. The summed E-state index contributed by atoms with van der Waals surface area (Å²) in [6, 6.07) is 9.04. The maximum absolute atomic E-state index is 11.5. The first kappa shape index (κ1) is 11.2. The second-order valence-electron chi connectivity index (χ2n) is 3.22. The number of hydrogen-bond donors (Lipinski definition) is 1. The highest BCUT2D eigenvalue weighted by Gasteiger charge is 2.33. The zero-order valence-electron chi connectivity index (χ0n) is 8.35. The van der Waals surface area contributed by atoms with Crippen LogP contribution < -0.4 is 10.5 Å². The number of para-hydroxylation sites is 1. The molecule has 0 amide bonds. The molecule has 4 nitrogen and oxygen atoms in total. The average Bonchev–Trinajstić information content (AvgIpc) is 2.58. The van der Waals surface area contributed by atoms with Crippen LogP contribution in [-0.2, 0) is 9.53 Å². The molecule has 0 radical (unpaired) electrons. The van der Waals surface area contributed by atoms with Crippen LogP contribution in [0.4, 0.5) is 0 Å². The van der Waals surface area contributed by atoms with Gasteiger partial charge in [0.25, 0.3) is 0 Å². The Balaban J connectivity index is 2.21. The van der Waals surface area contributed by atoms with Gasteiger partial charge in [0.2, 0.25) is 5.76 Å². The Morgan fingerprint density at radius 2 is 2.06 bits per heavy atom. The summed E-state index contributed by atoms with van der Waals surface area (Å²) < 4.78 is 11.0. The van der Waals surface area contributed by atoms with E-state index in [1.54, 1.807) is 12.1 Å². The van der Waals surface area contributed by atoms with Crippen molar-refractivity contribution in [2.75, 3.05) is 6.54 Å². The van der Waals surface area contributed by atoms with Crippen LogP contribution >= 0.6 is 15.9 Å². The largest absolute Gasteiger partial charge is 0.450 e. The highest BCUT2D eigenvalue weighted by Crippen LogP contribution is 2.29. The summed E-state index contributed by atoms with van der Waals surface area (Å²) in [7, 11) is 0. The van der Waals surface area contributed by atoms with Crippen molar-refractivity contribution in [1.82, 2.24) is 0 Å². The minimum atomic E-state index is -0.494. The van der Waals surface area contributed by atoms with Crippen molar-refractivity contribution in [1.29, 1.82) is 0 Å². The zero-order valence-corrected chi connectivity index (χ0v) is 9.94. The molecule has 0 saturated carbocycles. The summed E-state index contributed by atoms with van der Waals surface area (Å²) in [6.45, 7) is 0.230. The number of hydrogen-bond acceptors (Lipinski definition) is 4. The van der Waals surface area contributed by atoms with E-state index in [-0.39, 0.29) is 12.3 Å². The molecule has 2 N–H and O–H groups in total. The molecule has 1 heterocycles. The second kappa shape index (κ2) is 4.67. The number of esters is 1. The van der Waals surface area contributed by atoms with Gasteiger partial charge >= 0.3 is 5.97 Å². The number of carbonyl (C=O) groups excluding carboxylic acids is 1. The van der Waals surface area contributed by atoms with E-state index in [0.29, 0.717) is 10.2 Å². The van der Waals surface area contributed by atoms with Crippen LogP contribution in [0.15, 0.2) is 40.6 Å². The van der Waals surface area contributed by atoms with Gasteiger partial charge < -0.3 is 15.2 Å². The Kier molecular flexibility index (Phi) is 3.26. The summed E-state index contributed by atoms with van der Waals surface area (Å²) in [6.07, 6.45) is -0.439. The lowest BCUT2D eigenvalue weighted by molar-refractivity contribution is -0.141. The average molecular weight is 284 g/mol. The van der Waals surface area contributed by atoms with Crippen LogP contribution in [-0.4, -0.2) is 18.6 Å². The van der Waals surface area contributed by atoms with Gasteiger partial charge in [0.1, 0.15) is 11.9 Å². The van der Waals surface area contributed by atoms with Crippen LogP contribution in [0.1, 0.15) is 0 Å². The van der Waals surface area contributed by atoms with Gasteiger partial charge in [0, 0.05) is 6.54 Å². The molecule has 1 aromatic rings. The molecule has 0 aliphatic carbocycles. The third-order valence-corrected chi connectivity index (χ3v) is 2.98. The summed E-state index contributed by atoms with van der Waals surface area (Å²) in [5.41, 5.74) is 5.45. The van der Waals surface area contributed by atoms with Gasteiger partial charge in [-0.2, -0.15) is 0 Å². The number of nitrogens with two attached hydrogens (primary N) is 1. The minimum Gasteiger partial charge on any atom is -0.450 e. The lowest BCUT2D eigenvalue weighted by Gasteiger charge is -2.04. The first-order valence-electron chi connectivity index (χ1n) is 4.76. The number of benzene rings is 1. The molecule has 1 aliphatic rings. The number of carbonyl (C=O) groups is 1. The fourth-order valence-electron chi connectivity index (χ4n) is 1.33. The van der Waals surface area contributed by atoms with Gasteiger partial charge in [0.15, 0.2) is 0 Å². The third-order valence-electron chi connectivity index (χ3n) is 2.11. The fourth-order valence-corrected chi connectivity index (χ4v) is 1.85. The molecule has 84 valence electrons. The SMILES string of the molecule is NC[C@H]1OC(=O)C(Oc2ccccc2)=C1Br. The van der Waals surface area contributed by atoms with Crippen molar-refractivity contribution in [3.8, 4) is 5.75 Å². The van der Waals surface area contributed by atoms with Crippen LogP contribution in [0, 0.1) is 0 Å². The molecule has 1 aliphatic heterocycles. The molecular weight excluding hydrogens is 274 g/mol. The molecule has 2 rings (SSSR count). The molecule has 16 heavy (non-hydrogen) atoms. The van der Waals surface area contributed by atoms with Crippen LogP contribution in [0.5, 0.6) is 5.75 Å². The van der Waals surface area contributed by atoms with Crippen LogP contribution in [0.2, 0.25) is 0 Å². The molecule has 0 unspecified atom stereocenters. The topological polar surface area (TPSA) is 61.5 Å². The maximum Gasteiger partial charge on any atom is 0.375 e. The maximum atomic E-state index is 11.5. The van der Waals surface area contributed by atoms with E-state index < -0.39 is 12.1 Å². The lowest BCUT2D eigenvalue weighted by atomic mass is 10.3. The summed E-state index contributed by atoms with van der Waals surface area (Å²) >= 11 is 3.26. The molecule has 5 heteroatoms. The molecule has 0 bridgehead atoms. The van der Waals surface area contributed by atoms with Gasteiger partial charge in [-0.1, -0.05) is 18.2 Å². The molecule has 1 aromatic carbocycles. The number of ether oxygens (including phenoxy) is 2. The smallest absolute Gasteiger partial charge is 0.375 e. The number of halogens is 1. The van der Waals surface area contributed by atoms with Gasteiger partial charge in [-0.25, -0.2) is 4.79 Å². The van der Waals surface area contributed by atoms with Crippen LogP contribution in [0.25, 0.3) is 0 Å². The van der Waals surface area contributed by atoms with E-state index in [1.807, 2.05) is 18.2 Å². The monoisotopic (exact) mass is 283 g/mol. The Hall–Kier alpha value is -1.33. The lowest BCUT2D eigenvalue weighted by Crippen LogP contribution is -2.21. The molecule has 1 atom stereocenters. The molecule has 0 fully saturated rings. The van der Waals surface area contributed by atoms with E-state index in [0.717, 1.165) is 0 Å². The Bertz CT molecular complexity index is 430. The van der Waals surface area contributed by atoms with Gasteiger partial charge in [-0.3, -0.25) is 0 Å². The van der Waals surface area contributed by atoms with Crippen molar-refractivity contribution in [2.45, 2.75) is 6.10 Å². The van der Waals surface area contributed by atoms with Crippen molar-refractivity contribution in [2.24, 2.45) is 5.73 Å². The molecule has 0 aromatic heterocycles. The van der Waals surface area contributed by atoms with E-state index in [9.17, 15) is 4.79 Å². The van der Waals surface area contributed by atoms with Gasteiger partial charge in [0.05, 0.1) is 4.48 Å². The second-order valence-corrected chi connectivity index (χ2v) is 4.08. The highest BCUT2D eigenvalue weighted by molar-refractivity contribution is 9.11.